The van der Waals surface area contributed by atoms with Crippen LogP contribution in [0, 0.1) is 0 Å². The Labute approximate surface area is 221 Å². The first-order valence-corrected chi connectivity index (χ1v) is 12.5. The maximum absolute atomic E-state index is 12.9. The molecule has 0 bridgehead atoms. The summed E-state index contributed by atoms with van der Waals surface area (Å²) in [5, 5.41) is 6.74. The molecule has 7 nitrogen and oxygen atoms in total. The lowest BCUT2D eigenvalue weighted by molar-refractivity contribution is 0.0966. The molecule has 8 heteroatoms. The Kier molecular flexibility index (Phi) is 6.91. The van der Waals surface area contributed by atoms with Crippen molar-refractivity contribution in [3.8, 4) is 22.4 Å². The summed E-state index contributed by atoms with van der Waals surface area (Å²) in [4.78, 5) is 30.1. The van der Waals surface area contributed by atoms with E-state index < -0.39 is 6.03 Å². The first-order chi connectivity index (χ1) is 17.5. The van der Waals surface area contributed by atoms with Crippen molar-refractivity contribution in [1.29, 1.82) is 0 Å². The number of aromatic amines is 1. The molecule has 1 saturated heterocycles. The number of nitrogens with one attached hydrogen (secondary N) is 3. The van der Waals surface area contributed by atoms with E-state index in [4.69, 9.17) is 5.73 Å². The minimum atomic E-state index is -0.597. The van der Waals surface area contributed by atoms with Crippen molar-refractivity contribution in [3.05, 3.63) is 77.4 Å². The van der Waals surface area contributed by atoms with Crippen molar-refractivity contribution in [3.63, 3.8) is 0 Å². The minimum Gasteiger partial charge on any atom is -0.355 e. The maximum Gasteiger partial charge on any atom is 0.316 e. The number of benzene rings is 3. The van der Waals surface area contributed by atoms with Gasteiger partial charge < -0.3 is 21.4 Å². The van der Waals surface area contributed by atoms with Gasteiger partial charge in [0, 0.05) is 40.9 Å². The number of aromatic nitrogens is 1. The molecule has 3 amide bonds. The molecule has 0 unspecified atom stereocenters. The number of likely N-dealkylation sites (tertiary alicyclic amines) is 1. The number of amides is 3. The molecule has 6 rings (SSSR count). The van der Waals surface area contributed by atoms with E-state index >= 15 is 0 Å². The average molecular weight is 516 g/mol. The van der Waals surface area contributed by atoms with Crippen LogP contribution in [-0.4, -0.2) is 34.9 Å². The van der Waals surface area contributed by atoms with Gasteiger partial charge in [-0.1, -0.05) is 36.8 Å². The quantitative estimate of drug-likeness (QED) is 0.276. The summed E-state index contributed by atoms with van der Waals surface area (Å²) >= 11 is 0. The SMILES string of the molecule is Cl.NC(=O)Nc1ccc(-c2ccc(-c3cc4cc(CN5CCCCC5)ccc4[nH]3)c3c2CNC3=O)cc1. The van der Waals surface area contributed by atoms with E-state index in [0.717, 1.165) is 45.4 Å². The van der Waals surface area contributed by atoms with Crippen LogP contribution in [0.25, 0.3) is 33.3 Å². The van der Waals surface area contributed by atoms with Crippen molar-refractivity contribution in [2.75, 3.05) is 18.4 Å². The molecule has 0 radical (unpaired) electrons. The second-order valence-corrected chi connectivity index (χ2v) is 9.70. The Bertz CT molecular complexity index is 1470. The van der Waals surface area contributed by atoms with Crippen LogP contribution in [0.3, 0.4) is 0 Å². The average Bonchev–Trinajstić information content (AvgIpc) is 3.48. The molecule has 3 heterocycles. The number of halogens is 1. The smallest absolute Gasteiger partial charge is 0.316 e. The van der Waals surface area contributed by atoms with Crippen LogP contribution >= 0.6 is 12.4 Å². The molecule has 1 aromatic heterocycles. The van der Waals surface area contributed by atoms with Gasteiger partial charge in [-0.15, -0.1) is 12.4 Å². The largest absolute Gasteiger partial charge is 0.355 e. The van der Waals surface area contributed by atoms with Gasteiger partial charge in [0.1, 0.15) is 0 Å². The molecule has 3 aromatic carbocycles. The summed E-state index contributed by atoms with van der Waals surface area (Å²) in [6, 6.07) is 19.7. The van der Waals surface area contributed by atoms with Crippen molar-refractivity contribution in [1.82, 2.24) is 15.2 Å². The number of primary amides is 1. The van der Waals surface area contributed by atoms with E-state index in [1.165, 1.54) is 37.9 Å². The molecule has 2 aliphatic heterocycles. The zero-order valence-corrected chi connectivity index (χ0v) is 21.3. The number of anilines is 1. The first-order valence-electron chi connectivity index (χ1n) is 12.5. The molecular formula is C29H30ClN5O2. The van der Waals surface area contributed by atoms with Crippen LogP contribution < -0.4 is 16.4 Å². The monoisotopic (exact) mass is 515 g/mol. The second-order valence-electron chi connectivity index (χ2n) is 9.70. The maximum atomic E-state index is 12.9. The highest BCUT2D eigenvalue weighted by molar-refractivity contribution is 6.07. The zero-order valence-electron chi connectivity index (χ0n) is 20.5. The number of nitrogens with two attached hydrogens (primary N) is 1. The number of H-pyrrole nitrogens is 1. The lowest BCUT2D eigenvalue weighted by Crippen LogP contribution is -2.28. The topological polar surface area (TPSA) is 103 Å². The number of hydrogen-bond acceptors (Lipinski definition) is 3. The van der Waals surface area contributed by atoms with E-state index in [2.05, 4.69) is 50.8 Å². The summed E-state index contributed by atoms with van der Waals surface area (Å²) in [5.74, 6) is -0.0571. The zero-order chi connectivity index (χ0) is 24.6. The molecular weight excluding hydrogens is 486 g/mol. The summed E-state index contributed by atoms with van der Waals surface area (Å²) in [6.45, 7) is 3.82. The predicted octanol–water partition coefficient (Wildman–Crippen LogP) is 5.64. The van der Waals surface area contributed by atoms with Crippen LogP contribution in [0.1, 0.15) is 40.7 Å². The molecule has 0 saturated carbocycles. The van der Waals surface area contributed by atoms with Crippen molar-refractivity contribution < 1.29 is 9.59 Å². The molecule has 5 N–H and O–H groups in total. The Morgan fingerprint density at radius 2 is 1.70 bits per heavy atom. The number of hydrogen-bond donors (Lipinski definition) is 4. The molecule has 2 aliphatic rings. The number of fused-ring (bicyclic) bond motifs is 2. The van der Waals surface area contributed by atoms with E-state index in [9.17, 15) is 9.59 Å². The van der Waals surface area contributed by atoms with Crippen LogP contribution in [0.4, 0.5) is 10.5 Å². The molecule has 1 fully saturated rings. The van der Waals surface area contributed by atoms with Crippen LogP contribution in [0.5, 0.6) is 0 Å². The Morgan fingerprint density at radius 1 is 0.946 bits per heavy atom. The van der Waals surface area contributed by atoms with Crippen LogP contribution in [0.2, 0.25) is 0 Å². The third-order valence-electron chi connectivity index (χ3n) is 7.26. The fraction of sp³-hybridized carbons (Fsp3) is 0.241. The van der Waals surface area contributed by atoms with Gasteiger partial charge >= 0.3 is 6.03 Å². The number of carbonyl (C=O) groups is 2. The number of urea groups is 1. The van der Waals surface area contributed by atoms with Gasteiger partial charge in [-0.05, 0) is 78.5 Å². The summed E-state index contributed by atoms with van der Waals surface area (Å²) in [5.41, 5.74) is 13.8. The third-order valence-corrected chi connectivity index (χ3v) is 7.26. The number of piperidine rings is 1. The van der Waals surface area contributed by atoms with E-state index in [1.54, 1.807) is 0 Å². The number of rotatable bonds is 5. The Morgan fingerprint density at radius 3 is 2.46 bits per heavy atom. The Balaban J connectivity index is 0.00000280. The van der Waals surface area contributed by atoms with E-state index in [1.807, 2.05) is 30.3 Å². The van der Waals surface area contributed by atoms with Gasteiger partial charge in [-0.2, -0.15) is 0 Å². The predicted molar refractivity (Wildman–Crippen MR) is 150 cm³/mol. The molecule has 0 spiro atoms. The fourth-order valence-corrected chi connectivity index (χ4v) is 5.52. The molecule has 0 aliphatic carbocycles. The highest BCUT2D eigenvalue weighted by Gasteiger charge is 2.27. The van der Waals surface area contributed by atoms with Gasteiger partial charge in [0.05, 0.1) is 5.56 Å². The van der Waals surface area contributed by atoms with Gasteiger partial charge in [-0.3, -0.25) is 9.69 Å². The number of nitrogens with zero attached hydrogens (tertiary/aromatic N) is 1. The summed E-state index contributed by atoms with van der Waals surface area (Å²) < 4.78 is 0. The van der Waals surface area contributed by atoms with Crippen LogP contribution in [-0.2, 0) is 13.1 Å². The molecule has 0 atom stereocenters. The third kappa shape index (κ3) is 4.92. The number of carbonyl (C=O) groups excluding carboxylic acids is 2. The van der Waals surface area contributed by atoms with Gasteiger partial charge in [0.2, 0.25) is 0 Å². The van der Waals surface area contributed by atoms with Crippen molar-refractivity contribution in [2.24, 2.45) is 5.73 Å². The minimum absolute atomic E-state index is 0. The van der Waals surface area contributed by atoms with Crippen molar-refractivity contribution in [2.45, 2.75) is 32.4 Å². The van der Waals surface area contributed by atoms with Crippen molar-refractivity contribution >= 4 is 40.9 Å². The molecule has 190 valence electrons. The van der Waals surface area contributed by atoms with Gasteiger partial charge in [0.25, 0.3) is 5.91 Å². The molecule has 37 heavy (non-hydrogen) atoms. The fourth-order valence-electron chi connectivity index (χ4n) is 5.52. The molecule has 4 aromatic rings. The first kappa shape index (κ1) is 24.9. The van der Waals surface area contributed by atoms with E-state index in [-0.39, 0.29) is 18.3 Å². The summed E-state index contributed by atoms with van der Waals surface area (Å²) in [7, 11) is 0. The summed E-state index contributed by atoms with van der Waals surface area (Å²) in [6.07, 6.45) is 3.91. The van der Waals surface area contributed by atoms with Crippen LogP contribution in [0.15, 0.2) is 60.7 Å². The normalized spacial score (nSPS) is 15.2. The highest BCUT2D eigenvalue weighted by Crippen LogP contribution is 2.37. The van der Waals surface area contributed by atoms with E-state index in [0.29, 0.717) is 17.8 Å². The Hall–Kier alpha value is -3.81. The lowest BCUT2D eigenvalue weighted by Gasteiger charge is -2.26. The highest BCUT2D eigenvalue weighted by atomic mass is 35.5. The second kappa shape index (κ2) is 10.3. The van der Waals surface area contributed by atoms with Gasteiger partial charge in [-0.25, -0.2) is 4.79 Å². The lowest BCUT2D eigenvalue weighted by atomic mass is 9.92. The van der Waals surface area contributed by atoms with Gasteiger partial charge in [0.15, 0.2) is 0 Å². The standard InChI is InChI=1S/C29H29N5O2.ClH/c30-29(36)32-21-7-5-19(6-8-21)22-9-10-23(27-24(22)16-31-28(27)35)26-15-20-14-18(4-11-25(20)33-26)17-34-12-2-1-3-13-34;/h4-11,14-15,33H,1-3,12-13,16-17H2,(H,31,35)(H3,30,32,36);1H.